The fourth-order valence-electron chi connectivity index (χ4n) is 1.31. The van der Waals surface area contributed by atoms with E-state index in [4.69, 9.17) is 14.2 Å². The predicted octanol–water partition coefficient (Wildman–Crippen LogP) is 2.03. The highest BCUT2D eigenvalue weighted by atomic mass is 16.6. The molecule has 0 radical (unpaired) electrons. The zero-order chi connectivity index (χ0) is 12.5. The van der Waals surface area contributed by atoms with Crippen molar-refractivity contribution in [3.05, 3.63) is 30.3 Å². The van der Waals surface area contributed by atoms with E-state index in [1.807, 2.05) is 37.3 Å². The molecule has 1 atom stereocenters. The summed E-state index contributed by atoms with van der Waals surface area (Å²) < 4.78 is 15.8. The highest BCUT2D eigenvalue weighted by Gasteiger charge is 2.13. The molecule has 0 heterocycles. The van der Waals surface area contributed by atoms with Crippen LogP contribution >= 0.6 is 0 Å². The average Bonchev–Trinajstić information content (AvgIpc) is 2.33. The number of hydrogen-bond donors (Lipinski definition) is 0. The van der Waals surface area contributed by atoms with Gasteiger partial charge in [-0.3, -0.25) is 4.79 Å². The van der Waals surface area contributed by atoms with Crippen LogP contribution in [-0.2, 0) is 14.3 Å². The summed E-state index contributed by atoms with van der Waals surface area (Å²) in [6.45, 7) is 4.50. The molecule has 0 fully saturated rings. The summed E-state index contributed by atoms with van der Waals surface area (Å²) in [7, 11) is 0. The Hall–Kier alpha value is -1.55. The second-order valence-corrected chi connectivity index (χ2v) is 3.51. The van der Waals surface area contributed by atoms with Gasteiger partial charge in [-0.25, -0.2) is 0 Å². The van der Waals surface area contributed by atoms with E-state index in [1.165, 1.54) is 6.92 Å². The third-order valence-electron chi connectivity index (χ3n) is 2.02. The molecule has 4 heteroatoms. The van der Waals surface area contributed by atoms with Gasteiger partial charge in [0.05, 0.1) is 6.61 Å². The molecule has 0 aliphatic heterocycles. The van der Waals surface area contributed by atoms with Crippen molar-refractivity contribution in [2.24, 2.45) is 0 Å². The minimum absolute atomic E-state index is 0.295. The first-order valence-corrected chi connectivity index (χ1v) is 5.65. The summed E-state index contributed by atoms with van der Waals surface area (Å²) >= 11 is 0. The van der Waals surface area contributed by atoms with Crippen molar-refractivity contribution in [1.82, 2.24) is 0 Å². The Morgan fingerprint density at radius 3 is 2.53 bits per heavy atom. The van der Waals surface area contributed by atoms with Crippen LogP contribution in [0.15, 0.2) is 30.3 Å². The van der Waals surface area contributed by atoms with Gasteiger partial charge in [0.2, 0.25) is 0 Å². The van der Waals surface area contributed by atoms with Crippen molar-refractivity contribution in [2.75, 3.05) is 19.8 Å². The minimum atomic E-state index is -0.368. The highest BCUT2D eigenvalue weighted by Crippen LogP contribution is 2.09. The maximum Gasteiger partial charge on any atom is 0.303 e. The van der Waals surface area contributed by atoms with Crippen molar-refractivity contribution in [1.29, 1.82) is 0 Å². The SMILES string of the molecule is CCOCC(COc1ccccc1)OC(C)=O. The van der Waals surface area contributed by atoms with Gasteiger partial charge in [0.15, 0.2) is 6.10 Å². The third kappa shape index (κ3) is 5.92. The molecular formula is C13H18O4. The van der Waals surface area contributed by atoms with Crippen molar-refractivity contribution in [3.8, 4) is 5.75 Å². The molecule has 1 rings (SSSR count). The summed E-state index contributed by atoms with van der Waals surface area (Å²) in [5.74, 6) is 0.424. The monoisotopic (exact) mass is 238 g/mol. The first-order valence-electron chi connectivity index (χ1n) is 5.65. The van der Waals surface area contributed by atoms with Crippen LogP contribution in [0.4, 0.5) is 0 Å². The lowest BCUT2D eigenvalue weighted by Gasteiger charge is -2.17. The number of ether oxygens (including phenoxy) is 3. The van der Waals surface area contributed by atoms with Crippen LogP contribution in [-0.4, -0.2) is 31.9 Å². The molecule has 4 nitrogen and oxygen atoms in total. The molecule has 1 aromatic rings. The van der Waals surface area contributed by atoms with E-state index in [9.17, 15) is 4.79 Å². The number of esters is 1. The van der Waals surface area contributed by atoms with Gasteiger partial charge in [-0.1, -0.05) is 18.2 Å². The first kappa shape index (κ1) is 13.5. The Morgan fingerprint density at radius 2 is 1.94 bits per heavy atom. The number of rotatable bonds is 7. The molecule has 0 saturated heterocycles. The van der Waals surface area contributed by atoms with Gasteiger partial charge in [-0.15, -0.1) is 0 Å². The second-order valence-electron chi connectivity index (χ2n) is 3.51. The van der Waals surface area contributed by atoms with E-state index in [0.717, 1.165) is 5.75 Å². The standard InChI is InChI=1S/C13H18O4/c1-3-15-9-13(17-11(2)14)10-16-12-7-5-4-6-8-12/h4-8,13H,3,9-10H2,1-2H3. The van der Waals surface area contributed by atoms with Gasteiger partial charge in [0, 0.05) is 13.5 Å². The number of hydrogen-bond acceptors (Lipinski definition) is 4. The average molecular weight is 238 g/mol. The zero-order valence-electron chi connectivity index (χ0n) is 10.2. The molecule has 17 heavy (non-hydrogen) atoms. The summed E-state index contributed by atoms with van der Waals surface area (Å²) in [5, 5.41) is 0. The normalized spacial score (nSPS) is 11.9. The zero-order valence-corrected chi connectivity index (χ0v) is 10.2. The Labute approximate surface area is 101 Å². The molecule has 0 saturated carbocycles. The van der Waals surface area contributed by atoms with Crippen molar-refractivity contribution in [3.63, 3.8) is 0 Å². The Balaban J connectivity index is 2.40. The first-order chi connectivity index (χ1) is 8.22. The molecule has 0 N–H and O–H groups in total. The number of para-hydroxylation sites is 1. The van der Waals surface area contributed by atoms with E-state index in [1.54, 1.807) is 0 Å². The lowest BCUT2D eigenvalue weighted by Crippen LogP contribution is -2.29. The van der Waals surface area contributed by atoms with Gasteiger partial charge in [0.25, 0.3) is 0 Å². The Kier molecular flexibility index (Phi) is 6.10. The number of carbonyl (C=O) groups is 1. The van der Waals surface area contributed by atoms with Gasteiger partial charge < -0.3 is 14.2 Å². The minimum Gasteiger partial charge on any atom is -0.490 e. The van der Waals surface area contributed by atoms with Crippen LogP contribution < -0.4 is 4.74 Å². The Bertz CT molecular complexity index is 323. The quantitative estimate of drug-likeness (QED) is 0.682. The van der Waals surface area contributed by atoms with E-state index < -0.39 is 0 Å². The largest absolute Gasteiger partial charge is 0.490 e. The third-order valence-corrected chi connectivity index (χ3v) is 2.02. The van der Waals surface area contributed by atoms with Crippen molar-refractivity contribution < 1.29 is 19.0 Å². The van der Waals surface area contributed by atoms with E-state index in [-0.39, 0.29) is 12.1 Å². The van der Waals surface area contributed by atoms with Gasteiger partial charge in [-0.05, 0) is 19.1 Å². The van der Waals surface area contributed by atoms with Gasteiger partial charge in [-0.2, -0.15) is 0 Å². The summed E-state index contributed by atoms with van der Waals surface area (Å²) in [6.07, 6.45) is -0.368. The maximum absolute atomic E-state index is 10.9. The smallest absolute Gasteiger partial charge is 0.303 e. The van der Waals surface area contributed by atoms with Crippen LogP contribution in [0, 0.1) is 0 Å². The molecule has 0 bridgehead atoms. The highest BCUT2D eigenvalue weighted by molar-refractivity contribution is 5.66. The van der Waals surface area contributed by atoms with Gasteiger partial charge in [0.1, 0.15) is 12.4 Å². The van der Waals surface area contributed by atoms with Crippen LogP contribution in [0.2, 0.25) is 0 Å². The molecule has 1 unspecified atom stereocenters. The van der Waals surface area contributed by atoms with Crippen LogP contribution in [0.25, 0.3) is 0 Å². The maximum atomic E-state index is 10.9. The van der Waals surface area contributed by atoms with Gasteiger partial charge >= 0.3 is 5.97 Å². The molecular weight excluding hydrogens is 220 g/mol. The van der Waals surface area contributed by atoms with E-state index in [0.29, 0.717) is 19.8 Å². The lowest BCUT2D eigenvalue weighted by atomic mass is 10.3. The number of carbonyl (C=O) groups excluding carboxylic acids is 1. The molecule has 1 aromatic carbocycles. The molecule has 0 aliphatic rings. The predicted molar refractivity (Wildman–Crippen MR) is 64.0 cm³/mol. The summed E-state index contributed by atoms with van der Waals surface area (Å²) in [6, 6.07) is 9.39. The molecule has 94 valence electrons. The molecule has 0 spiro atoms. The lowest BCUT2D eigenvalue weighted by molar-refractivity contribution is -0.151. The topological polar surface area (TPSA) is 44.8 Å². The van der Waals surface area contributed by atoms with E-state index in [2.05, 4.69) is 0 Å². The van der Waals surface area contributed by atoms with Crippen LogP contribution in [0.5, 0.6) is 5.75 Å². The summed E-state index contributed by atoms with van der Waals surface area (Å²) in [4.78, 5) is 10.9. The molecule has 0 amide bonds. The molecule has 0 aliphatic carbocycles. The van der Waals surface area contributed by atoms with Crippen molar-refractivity contribution >= 4 is 5.97 Å². The van der Waals surface area contributed by atoms with Crippen LogP contribution in [0.3, 0.4) is 0 Å². The van der Waals surface area contributed by atoms with E-state index >= 15 is 0 Å². The second kappa shape index (κ2) is 7.68. The fraction of sp³-hybridized carbons (Fsp3) is 0.462. The fourth-order valence-corrected chi connectivity index (χ4v) is 1.31. The Morgan fingerprint density at radius 1 is 1.24 bits per heavy atom. The van der Waals surface area contributed by atoms with Crippen molar-refractivity contribution in [2.45, 2.75) is 20.0 Å². The number of benzene rings is 1. The summed E-state index contributed by atoms with van der Waals surface area (Å²) in [5.41, 5.74) is 0. The molecule has 0 aromatic heterocycles. The van der Waals surface area contributed by atoms with Crippen LogP contribution in [0.1, 0.15) is 13.8 Å².